The van der Waals surface area contributed by atoms with Gasteiger partial charge in [0.15, 0.2) is 5.82 Å². The van der Waals surface area contributed by atoms with Gasteiger partial charge in [-0.2, -0.15) is 10.5 Å². The van der Waals surface area contributed by atoms with Crippen molar-refractivity contribution >= 4 is 65.6 Å². The van der Waals surface area contributed by atoms with Gasteiger partial charge in [-0.25, -0.2) is 9.97 Å². The molecule has 0 bridgehead atoms. The van der Waals surface area contributed by atoms with Gasteiger partial charge in [-0.3, -0.25) is 0 Å². The number of aromatic nitrogens is 4. The number of rotatable bonds is 5. The lowest BCUT2D eigenvalue weighted by atomic mass is 9.98. The summed E-state index contributed by atoms with van der Waals surface area (Å²) in [5, 5.41) is 28.3. The van der Waals surface area contributed by atoms with Crippen molar-refractivity contribution in [3.63, 3.8) is 0 Å². The summed E-state index contributed by atoms with van der Waals surface area (Å²) in [7, 11) is 0. The molecule has 0 fully saturated rings. The largest absolute Gasteiger partial charge is 0.456 e. The van der Waals surface area contributed by atoms with Crippen LogP contribution in [0.2, 0.25) is 0 Å². The first kappa shape index (κ1) is 34.3. The molecule has 12 rings (SSSR count). The number of hydrogen-bond donors (Lipinski definition) is 0. The van der Waals surface area contributed by atoms with Crippen LogP contribution in [-0.2, 0) is 0 Å². The number of nitrogens with zero attached hydrogens (tertiary/aromatic N) is 6. The van der Waals surface area contributed by atoms with Crippen molar-refractivity contribution in [3.8, 4) is 57.4 Å². The van der Waals surface area contributed by atoms with Gasteiger partial charge in [0.1, 0.15) is 28.9 Å². The molecule has 0 radical (unpaired) electrons. The number of fused-ring (bicyclic) bond motifs is 10. The number of para-hydroxylation sites is 4. The van der Waals surface area contributed by atoms with Crippen LogP contribution in [0.15, 0.2) is 186 Å². The third-order valence-electron chi connectivity index (χ3n) is 11.8. The Morgan fingerprint density at radius 3 is 1.84 bits per heavy atom. The van der Waals surface area contributed by atoms with Crippen molar-refractivity contribution in [2.24, 2.45) is 0 Å². The highest BCUT2D eigenvalue weighted by molar-refractivity contribution is 6.26. The summed E-state index contributed by atoms with van der Waals surface area (Å²) in [5.74, 6) is 0.442. The van der Waals surface area contributed by atoms with Crippen molar-refractivity contribution in [3.05, 3.63) is 193 Å². The zero-order valence-electron chi connectivity index (χ0n) is 32.4. The predicted molar refractivity (Wildman–Crippen MR) is 244 cm³/mol. The Bertz CT molecular complexity index is 3840. The van der Waals surface area contributed by atoms with E-state index in [1.807, 2.05) is 103 Å². The van der Waals surface area contributed by atoms with Gasteiger partial charge in [0, 0.05) is 54.7 Å². The maximum absolute atomic E-state index is 11.0. The second-order valence-electron chi connectivity index (χ2n) is 15.1. The van der Waals surface area contributed by atoms with Crippen LogP contribution in [0.25, 0.3) is 111 Å². The highest BCUT2D eigenvalue weighted by Crippen LogP contribution is 2.43. The standard InChI is InChI=1S/C54H30N6O/c55-31-36-29-34(52-43(32-56)51(33-13-3-1-4-14-33)57-54(58-52)35-23-25-40-39-18-9-12-22-48(39)61-49(40)30-35)24-27-44(36)60-45-20-10-7-17-38(45)41-26-28-47-50(53(41)60)42-19-8-11-21-46(42)59(47)37-15-5-2-6-16-37/h1-30H. The summed E-state index contributed by atoms with van der Waals surface area (Å²) in [5.41, 5.74) is 11.4. The van der Waals surface area contributed by atoms with Gasteiger partial charge < -0.3 is 13.6 Å². The zero-order valence-corrected chi connectivity index (χ0v) is 32.4. The molecule has 282 valence electrons. The Labute approximate surface area is 348 Å². The Hall–Kier alpha value is -8.78. The van der Waals surface area contributed by atoms with Crippen LogP contribution in [0.1, 0.15) is 11.1 Å². The van der Waals surface area contributed by atoms with Crippen LogP contribution < -0.4 is 0 Å². The molecule has 0 aliphatic carbocycles. The van der Waals surface area contributed by atoms with Crippen LogP contribution in [-0.4, -0.2) is 19.1 Å². The third-order valence-corrected chi connectivity index (χ3v) is 11.8. The van der Waals surface area contributed by atoms with Gasteiger partial charge in [0.2, 0.25) is 0 Å². The fourth-order valence-corrected chi connectivity index (χ4v) is 9.16. The first-order valence-electron chi connectivity index (χ1n) is 20.0. The SMILES string of the molecule is N#Cc1cc(-c2nc(-c3ccc4c(c3)oc3ccccc34)nc(-c3ccccc3)c2C#N)ccc1-n1c2ccccc2c2ccc3c(c4ccccc4n3-c3ccccc3)c21. The fourth-order valence-electron chi connectivity index (χ4n) is 9.16. The summed E-state index contributed by atoms with van der Waals surface area (Å²) >= 11 is 0. The first-order chi connectivity index (χ1) is 30.2. The quantitative estimate of drug-likeness (QED) is 0.173. The number of benzene rings is 8. The second kappa shape index (κ2) is 13.4. The van der Waals surface area contributed by atoms with Crippen molar-refractivity contribution in [1.29, 1.82) is 10.5 Å². The maximum Gasteiger partial charge on any atom is 0.160 e. The topological polar surface area (TPSA) is 96.4 Å². The van der Waals surface area contributed by atoms with E-state index in [2.05, 4.69) is 100 Å². The molecule has 7 nitrogen and oxygen atoms in total. The maximum atomic E-state index is 11.0. The summed E-state index contributed by atoms with van der Waals surface area (Å²) in [6, 6.07) is 66.1. The molecular formula is C54H30N6O. The number of nitriles is 2. The molecule has 0 saturated heterocycles. The highest BCUT2D eigenvalue weighted by atomic mass is 16.3. The van der Waals surface area contributed by atoms with Crippen molar-refractivity contribution in [2.45, 2.75) is 0 Å². The molecular weight excluding hydrogens is 749 g/mol. The van der Waals surface area contributed by atoms with E-state index >= 15 is 0 Å². The molecule has 8 aromatic carbocycles. The molecule has 4 aromatic heterocycles. The summed E-state index contributed by atoms with van der Waals surface area (Å²) in [4.78, 5) is 10.1. The van der Waals surface area contributed by atoms with E-state index in [1.165, 1.54) is 0 Å². The van der Waals surface area contributed by atoms with Crippen LogP contribution in [0.4, 0.5) is 0 Å². The highest BCUT2D eigenvalue weighted by Gasteiger charge is 2.24. The predicted octanol–water partition coefficient (Wildman–Crippen LogP) is 13.3. The molecule has 0 aliphatic heterocycles. The normalized spacial score (nSPS) is 11.6. The Balaban J connectivity index is 1.11. The molecule has 0 N–H and O–H groups in total. The van der Waals surface area contributed by atoms with Crippen molar-refractivity contribution in [2.75, 3.05) is 0 Å². The van der Waals surface area contributed by atoms with Gasteiger partial charge in [-0.05, 0) is 60.7 Å². The fraction of sp³-hybridized carbons (Fsp3) is 0. The van der Waals surface area contributed by atoms with Gasteiger partial charge in [-0.15, -0.1) is 0 Å². The van der Waals surface area contributed by atoms with E-state index in [9.17, 15) is 10.5 Å². The lowest BCUT2D eigenvalue weighted by molar-refractivity contribution is 0.669. The minimum Gasteiger partial charge on any atom is -0.456 e. The second-order valence-corrected chi connectivity index (χ2v) is 15.1. The molecule has 0 saturated carbocycles. The minimum absolute atomic E-state index is 0.323. The summed E-state index contributed by atoms with van der Waals surface area (Å²) < 4.78 is 10.8. The third kappa shape index (κ3) is 5.15. The van der Waals surface area contributed by atoms with E-state index in [-0.39, 0.29) is 0 Å². The average Bonchev–Trinajstić information content (AvgIpc) is 3.99. The monoisotopic (exact) mass is 778 g/mol. The lowest BCUT2D eigenvalue weighted by Gasteiger charge is -2.15. The minimum atomic E-state index is 0.323. The number of furan rings is 1. The first-order valence-corrected chi connectivity index (χ1v) is 20.0. The van der Waals surface area contributed by atoms with Gasteiger partial charge in [0.25, 0.3) is 0 Å². The average molecular weight is 779 g/mol. The van der Waals surface area contributed by atoms with E-state index < -0.39 is 0 Å². The van der Waals surface area contributed by atoms with E-state index in [4.69, 9.17) is 14.4 Å². The Morgan fingerprint density at radius 2 is 1.07 bits per heavy atom. The van der Waals surface area contributed by atoms with Crippen LogP contribution in [0, 0.1) is 22.7 Å². The smallest absolute Gasteiger partial charge is 0.160 e. The molecule has 0 amide bonds. The van der Waals surface area contributed by atoms with Crippen molar-refractivity contribution in [1.82, 2.24) is 19.1 Å². The van der Waals surface area contributed by atoms with E-state index in [0.717, 1.165) is 88.1 Å². The molecule has 0 spiro atoms. The molecule has 0 unspecified atom stereocenters. The van der Waals surface area contributed by atoms with Crippen LogP contribution >= 0.6 is 0 Å². The van der Waals surface area contributed by atoms with E-state index in [1.54, 1.807) is 0 Å². The Kier molecular flexibility index (Phi) is 7.52. The molecule has 0 atom stereocenters. The lowest BCUT2D eigenvalue weighted by Crippen LogP contribution is -2.03. The van der Waals surface area contributed by atoms with Gasteiger partial charge in [-0.1, -0.05) is 121 Å². The van der Waals surface area contributed by atoms with Crippen molar-refractivity contribution < 1.29 is 4.42 Å². The van der Waals surface area contributed by atoms with E-state index in [0.29, 0.717) is 33.9 Å². The van der Waals surface area contributed by atoms with Gasteiger partial charge >= 0.3 is 0 Å². The van der Waals surface area contributed by atoms with Gasteiger partial charge in [0.05, 0.1) is 44.7 Å². The van der Waals surface area contributed by atoms with Crippen LogP contribution in [0.3, 0.4) is 0 Å². The molecule has 12 aromatic rings. The Morgan fingerprint density at radius 1 is 0.443 bits per heavy atom. The molecule has 0 aliphatic rings. The number of hydrogen-bond acceptors (Lipinski definition) is 5. The summed E-state index contributed by atoms with van der Waals surface area (Å²) in [6.45, 7) is 0. The molecule has 4 heterocycles. The molecule has 61 heavy (non-hydrogen) atoms. The molecule has 7 heteroatoms. The zero-order chi connectivity index (χ0) is 40.6. The summed E-state index contributed by atoms with van der Waals surface area (Å²) in [6.07, 6.45) is 0. The van der Waals surface area contributed by atoms with Crippen LogP contribution in [0.5, 0.6) is 0 Å².